The molecule has 0 unspecified atom stereocenters. The van der Waals surface area contributed by atoms with E-state index in [4.69, 9.17) is 23.2 Å². The second-order valence-electron chi connectivity index (χ2n) is 6.20. The summed E-state index contributed by atoms with van der Waals surface area (Å²) in [6.45, 7) is 1.91. The zero-order valence-electron chi connectivity index (χ0n) is 11.3. The molecule has 0 spiro atoms. The predicted octanol–water partition coefficient (Wildman–Crippen LogP) is 3.70. The number of rotatable bonds is 1. The number of anilines is 1. The first-order valence-corrected chi connectivity index (χ1v) is 7.72. The van der Waals surface area contributed by atoms with Gasteiger partial charge in [0.15, 0.2) is 0 Å². The summed E-state index contributed by atoms with van der Waals surface area (Å²) in [4.78, 5) is 27.0. The fraction of sp³-hybridized carbons (Fsp3) is 0.375. The summed E-state index contributed by atoms with van der Waals surface area (Å²) in [5.74, 6) is -0.261. The normalized spacial score (nSPS) is 36.7. The van der Waals surface area contributed by atoms with Gasteiger partial charge in [0.2, 0.25) is 11.8 Å². The summed E-state index contributed by atoms with van der Waals surface area (Å²) in [5.41, 5.74) is -0.239. The molecule has 0 aromatic heterocycles. The number of nitrogens with zero attached hydrogens (tertiary/aromatic N) is 1. The van der Waals surface area contributed by atoms with Crippen molar-refractivity contribution in [2.24, 2.45) is 23.2 Å². The topological polar surface area (TPSA) is 37.4 Å². The molecule has 1 aromatic carbocycles. The van der Waals surface area contributed by atoms with Crippen LogP contribution in [0.1, 0.15) is 13.3 Å². The number of fused-ring (bicyclic) bond motifs is 5. The Hall–Kier alpha value is -1.32. The molecule has 3 nitrogen and oxygen atoms in total. The van der Waals surface area contributed by atoms with E-state index in [0.29, 0.717) is 10.7 Å². The van der Waals surface area contributed by atoms with Crippen molar-refractivity contribution in [3.05, 3.63) is 40.4 Å². The van der Waals surface area contributed by atoms with Crippen LogP contribution in [-0.2, 0) is 9.59 Å². The molecule has 0 radical (unpaired) electrons. The third-order valence-corrected chi connectivity index (χ3v) is 6.09. The first-order chi connectivity index (χ1) is 9.96. The number of carbonyl (C=O) groups is 2. The minimum absolute atomic E-state index is 0.145. The maximum Gasteiger partial charge on any atom is 0.241 e. The second-order valence-corrected chi connectivity index (χ2v) is 6.99. The summed E-state index contributed by atoms with van der Waals surface area (Å²) in [5, 5.41) is 0.600. The van der Waals surface area contributed by atoms with Crippen LogP contribution in [0.2, 0.25) is 10.0 Å². The van der Waals surface area contributed by atoms with E-state index in [1.54, 1.807) is 18.2 Å². The van der Waals surface area contributed by atoms with Crippen LogP contribution < -0.4 is 4.90 Å². The molecule has 2 bridgehead atoms. The molecule has 1 heterocycles. The Morgan fingerprint density at radius 2 is 2.00 bits per heavy atom. The highest BCUT2D eigenvalue weighted by Crippen LogP contribution is 2.61. The van der Waals surface area contributed by atoms with E-state index in [0.717, 1.165) is 6.42 Å². The number of benzene rings is 1. The third kappa shape index (κ3) is 1.46. The predicted molar refractivity (Wildman–Crippen MR) is 81.3 cm³/mol. The molecule has 5 heteroatoms. The van der Waals surface area contributed by atoms with Gasteiger partial charge in [-0.2, -0.15) is 0 Å². The van der Waals surface area contributed by atoms with Gasteiger partial charge in [0.1, 0.15) is 0 Å². The van der Waals surface area contributed by atoms with E-state index in [9.17, 15) is 9.59 Å². The number of hydrogen-bond donors (Lipinski definition) is 0. The molecule has 1 saturated carbocycles. The van der Waals surface area contributed by atoms with Gasteiger partial charge in [0.25, 0.3) is 0 Å². The number of allylic oxidation sites excluding steroid dienone is 2. The Labute approximate surface area is 132 Å². The van der Waals surface area contributed by atoms with Crippen LogP contribution in [0, 0.1) is 23.2 Å². The van der Waals surface area contributed by atoms with Gasteiger partial charge in [0, 0.05) is 0 Å². The lowest BCUT2D eigenvalue weighted by atomic mass is 9.71. The SMILES string of the molecule is C[C@@]12C(=O)N(c3cccc(Cl)c3Cl)C(=O)[C@H]1[C@H]1C=C[C@H]2C1. The quantitative estimate of drug-likeness (QED) is 0.584. The third-order valence-electron chi connectivity index (χ3n) is 5.28. The number of halogens is 2. The monoisotopic (exact) mass is 321 g/mol. The van der Waals surface area contributed by atoms with Crippen molar-refractivity contribution in [2.75, 3.05) is 4.90 Å². The Balaban J connectivity index is 1.85. The van der Waals surface area contributed by atoms with Gasteiger partial charge < -0.3 is 0 Å². The van der Waals surface area contributed by atoms with Crippen LogP contribution in [0.3, 0.4) is 0 Å². The van der Waals surface area contributed by atoms with Crippen molar-refractivity contribution in [3.8, 4) is 0 Å². The van der Waals surface area contributed by atoms with Crippen LogP contribution in [0.25, 0.3) is 0 Å². The van der Waals surface area contributed by atoms with Gasteiger partial charge in [-0.15, -0.1) is 0 Å². The molecular formula is C16H13Cl2NO2. The van der Waals surface area contributed by atoms with Crippen molar-refractivity contribution in [3.63, 3.8) is 0 Å². The highest BCUT2D eigenvalue weighted by molar-refractivity contribution is 6.45. The van der Waals surface area contributed by atoms with Crippen LogP contribution in [0.4, 0.5) is 5.69 Å². The summed E-state index contributed by atoms with van der Waals surface area (Å²) < 4.78 is 0. The van der Waals surface area contributed by atoms with Crippen molar-refractivity contribution in [2.45, 2.75) is 13.3 Å². The average molecular weight is 322 g/mol. The van der Waals surface area contributed by atoms with Gasteiger partial charge >= 0.3 is 0 Å². The van der Waals surface area contributed by atoms with Crippen molar-refractivity contribution in [1.29, 1.82) is 0 Å². The molecule has 2 amide bonds. The van der Waals surface area contributed by atoms with Crippen LogP contribution in [-0.4, -0.2) is 11.8 Å². The lowest BCUT2D eigenvalue weighted by molar-refractivity contribution is -0.127. The van der Waals surface area contributed by atoms with E-state index in [-0.39, 0.29) is 34.6 Å². The highest BCUT2D eigenvalue weighted by Gasteiger charge is 2.67. The van der Waals surface area contributed by atoms with Crippen molar-refractivity contribution >= 4 is 40.7 Å². The van der Waals surface area contributed by atoms with E-state index in [1.807, 2.05) is 6.92 Å². The molecular weight excluding hydrogens is 309 g/mol. The molecule has 4 atom stereocenters. The molecule has 1 saturated heterocycles. The smallest absolute Gasteiger partial charge is 0.241 e. The first-order valence-electron chi connectivity index (χ1n) is 6.97. The second kappa shape index (κ2) is 4.11. The standard InChI is InChI=1S/C16H13Cl2NO2/c1-16-9-6-5-8(7-9)12(16)14(20)19(15(16)21)11-4-2-3-10(17)13(11)18/h2-6,8-9,12H,7H2,1H3/t8-,9-,12+,16-/m0/s1. The average Bonchev–Trinajstić information content (AvgIpc) is 3.07. The first kappa shape index (κ1) is 13.4. The summed E-state index contributed by atoms with van der Waals surface area (Å²) >= 11 is 12.2. The summed E-state index contributed by atoms with van der Waals surface area (Å²) in [6, 6.07) is 5.02. The van der Waals surface area contributed by atoms with E-state index in [1.165, 1.54) is 4.90 Å². The number of imide groups is 1. The van der Waals surface area contributed by atoms with Crippen LogP contribution in [0.5, 0.6) is 0 Å². The molecule has 21 heavy (non-hydrogen) atoms. The highest BCUT2D eigenvalue weighted by atomic mass is 35.5. The minimum atomic E-state index is -0.637. The number of amides is 2. The fourth-order valence-corrected chi connectivity index (χ4v) is 4.58. The van der Waals surface area contributed by atoms with Crippen molar-refractivity contribution in [1.82, 2.24) is 0 Å². The largest absolute Gasteiger partial charge is 0.274 e. The lowest BCUT2D eigenvalue weighted by Gasteiger charge is -2.28. The van der Waals surface area contributed by atoms with Gasteiger partial charge in [-0.3, -0.25) is 9.59 Å². The van der Waals surface area contributed by atoms with Gasteiger partial charge in [-0.1, -0.05) is 41.4 Å². The maximum atomic E-state index is 12.9. The lowest BCUT2D eigenvalue weighted by Crippen LogP contribution is -2.37. The van der Waals surface area contributed by atoms with E-state index < -0.39 is 5.41 Å². The molecule has 108 valence electrons. The minimum Gasteiger partial charge on any atom is -0.274 e. The zero-order valence-corrected chi connectivity index (χ0v) is 12.9. The molecule has 1 aromatic rings. The van der Waals surface area contributed by atoms with E-state index >= 15 is 0 Å². The fourth-order valence-electron chi connectivity index (χ4n) is 4.20. The van der Waals surface area contributed by atoms with Gasteiger partial charge in [-0.25, -0.2) is 4.90 Å². The van der Waals surface area contributed by atoms with Crippen molar-refractivity contribution < 1.29 is 9.59 Å². The van der Waals surface area contributed by atoms with E-state index in [2.05, 4.69) is 12.2 Å². The summed E-state index contributed by atoms with van der Waals surface area (Å²) in [7, 11) is 0. The Morgan fingerprint density at radius 3 is 2.71 bits per heavy atom. The number of hydrogen-bond acceptors (Lipinski definition) is 2. The molecule has 2 fully saturated rings. The maximum absolute atomic E-state index is 12.9. The molecule has 3 aliphatic rings. The Bertz CT molecular complexity index is 714. The Kier molecular flexibility index (Phi) is 2.61. The Morgan fingerprint density at radius 1 is 1.24 bits per heavy atom. The molecule has 0 N–H and O–H groups in total. The number of carbonyl (C=O) groups excluding carboxylic acids is 2. The van der Waals surface area contributed by atoms with Gasteiger partial charge in [0.05, 0.1) is 27.1 Å². The molecule has 1 aliphatic heterocycles. The van der Waals surface area contributed by atoms with Crippen LogP contribution in [0.15, 0.2) is 30.4 Å². The summed E-state index contributed by atoms with van der Waals surface area (Å²) in [6.07, 6.45) is 5.05. The molecule has 2 aliphatic carbocycles. The van der Waals surface area contributed by atoms with Gasteiger partial charge in [-0.05, 0) is 37.3 Å². The molecule has 4 rings (SSSR count). The van der Waals surface area contributed by atoms with Crippen LogP contribution >= 0.6 is 23.2 Å². The zero-order chi connectivity index (χ0) is 14.9.